The summed E-state index contributed by atoms with van der Waals surface area (Å²) in [5.74, 6) is 0.0265. The Morgan fingerprint density at radius 3 is 2.43 bits per heavy atom. The predicted molar refractivity (Wildman–Crippen MR) is 119 cm³/mol. The number of rotatable bonds is 7. The van der Waals surface area contributed by atoms with Crippen LogP contribution in [0.5, 0.6) is 5.75 Å². The molecule has 0 aliphatic carbocycles. The molecule has 1 fully saturated rings. The van der Waals surface area contributed by atoms with Crippen LogP contribution in [0, 0.1) is 0 Å². The van der Waals surface area contributed by atoms with Gasteiger partial charge in [-0.05, 0) is 59.3 Å². The number of carbonyl (C=O) groups excluding carboxylic acids is 3. The van der Waals surface area contributed by atoms with Crippen molar-refractivity contribution in [3.05, 3.63) is 75.7 Å². The lowest BCUT2D eigenvalue weighted by molar-refractivity contribution is -0.123. The second-order valence-electron chi connectivity index (χ2n) is 6.28. The van der Waals surface area contributed by atoms with Gasteiger partial charge in [0.25, 0.3) is 11.1 Å². The lowest BCUT2D eigenvalue weighted by atomic mass is 10.2. The van der Waals surface area contributed by atoms with Gasteiger partial charge in [0.2, 0.25) is 5.91 Å². The molecule has 1 aliphatic rings. The zero-order chi connectivity index (χ0) is 21.5. The molecular formula is C22H19ClN2O4S. The van der Waals surface area contributed by atoms with Crippen LogP contribution in [0.15, 0.2) is 59.5 Å². The summed E-state index contributed by atoms with van der Waals surface area (Å²) in [6.45, 7) is 0.267. The van der Waals surface area contributed by atoms with E-state index >= 15 is 0 Å². The highest BCUT2D eigenvalue weighted by atomic mass is 35.5. The average molecular weight is 443 g/mol. The molecule has 0 unspecified atom stereocenters. The van der Waals surface area contributed by atoms with E-state index in [0.717, 1.165) is 27.8 Å². The van der Waals surface area contributed by atoms with Gasteiger partial charge in [-0.1, -0.05) is 35.9 Å². The summed E-state index contributed by atoms with van der Waals surface area (Å²) < 4.78 is 5.11. The van der Waals surface area contributed by atoms with E-state index in [4.69, 9.17) is 16.3 Å². The van der Waals surface area contributed by atoms with Crippen molar-refractivity contribution < 1.29 is 19.1 Å². The van der Waals surface area contributed by atoms with Crippen molar-refractivity contribution in [3.63, 3.8) is 0 Å². The molecule has 2 aromatic carbocycles. The Morgan fingerprint density at radius 2 is 1.77 bits per heavy atom. The molecule has 3 rings (SSSR count). The Labute approximate surface area is 183 Å². The molecule has 1 aliphatic heterocycles. The number of nitrogens with zero attached hydrogens (tertiary/aromatic N) is 1. The number of carbonyl (C=O) groups is 3. The number of hydrogen-bond donors (Lipinski definition) is 1. The maximum atomic E-state index is 12.5. The van der Waals surface area contributed by atoms with Gasteiger partial charge in [0.05, 0.1) is 12.0 Å². The van der Waals surface area contributed by atoms with E-state index in [1.807, 2.05) is 0 Å². The number of ether oxygens (including phenoxy) is 1. The zero-order valence-corrected chi connectivity index (χ0v) is 17.7. The van der Waals surface area contributed by atoms with Crippen molar-refractivity contribution in [2.45, 2.75) is 0 Å². The maximum Gasteiger partial charge on any atom is 0.293 e. The van der Waals surface area contributed by atoms with Gasteiger partial charge in [-0.15, -0.1) is 0 Å². The quantitative estimate of drug-likeness (QED) is 0.650. The molecule has 6 nitrogen and oxygen atoms in total. The highest BCUT2D eigenvalue weighted by molar-refractivity contribution is 8.18. The summed E-state index contributed by atoms with van der Waals surface area (Å²) in [6, 6.07) is 14.2. The lowest BCUT2D eigenvalue weighted by Gasteiger charge is -2.12. The van der Waals surface area contributed by atoms with Crippen molar-refractivity contribution in [1.29, 1.82) is 0 Å². The number of halogens is 1. The van der Waals surface area contributed by atoms with Crippen LogP contribution in [0.25, 0.3) is 12.2 Å². The fourth-order valence-electron chi connectivity index (χ4n) is 2.64. The second kappa shape index (κ2) is 10.1. The first-order valence-corrected chi connectivity index (χ1v) is 10.3. The van der Waals surface area contributed by atoms with Gasteiger partial charge in [0, 0.05) is 24.2 Å². The van der Waals surface area contributed by atoms with Gasteiger partial charge in [0.15, 0.2) is 0 Å². The molecular weight excluding hydrogens is 424 g/mol. The molecule has 1 N–H and O–H groups in total. The summed E-state index contributed by atoms with van der Waals surface area (Å²) in [5.41, 5.74) is 1.63. The first kappa shape index (κ1) is 21.7. The summed E-state index contributed by atoms with van der Waals surface area (Å²) >= 11 is 6.71. The minimum absolute atomic E-state index is 0.102. The fraction of sp³-hybridized carbons (Fsp3) is 0.136. The number of methoxy groups -OCH3 is 1. The monoisotopic (exact) mass is 442 g/mol. The third-order valence-corrected chi connectivity index (χ3v) is 5.38. The molecule has 0 aromatic heterocycles. The number of nitrogens with one attached hydrogen (secondary N) is 1. The first-order valence-electron chi connectivity index (χ1n) is 9.07. The Balaban J connectivity index is 1.52. The molecule has 154 valence electrons. The van der Waals surface area contributed by atoms with Gasteiger partial charge in [-0.25, -0.2) is 0 Å². The van der Waals surface area contributed by atoms with Crippen LogP contribution in [0.2, 0.25) is 5.02 Å². The van der Waals surface area contributed by atoms with Crippen LogP contribution in [-0.4, -0.2) is 42.2 Å². The molecule has 1 heterocycles. The Morgan fingerprint density at radius 1 is 1.10 bits per heavy atom. The highest BCUT2D eigenvalue weighted by Crippen LogP contribution is 2.32. The summed E-state index contributed by atoms with van der Waals surface area (Å²) in [7, 11) is 1.58. The van der Waals surface area contributed by atoms with Gasteiger partial charge in [-0.3, -0.25) is 19.3 Å². The molecule has 30 heavy (non-hydrogen) atoms. The number of benzene rings is 2. The standard InChI is InChI=1S/C22H19ClN2O4S/c1-29-18-9-4-16(5-10-18)14-19-21(27)25(22(28)30-19)13-12-24-20(26)11-6-15-2-7-17(23)8-3-15/h2-11,14H,12-13H2,1H3,(H,24,26). The first-order chi connectivity index (χ1) is 14.5. The van der Waals surface area contributed by atoms with Gasteiger partial charge >= 0.3 is 0 Å². The van der Waals surface area contributed by atoms with E-state index in [9.17, 15) is 14.4 Å². The molecule has 2 aromatic rings. The summed E-state index contributed by atoms with van der Waals surface area (Å²) in [6.07, 6.45) is 4.71. The number of hydrogen-bond acceptors (Lipinski definition) is 5. The van der Waals surface area contributed by atoms with Gasteiger partial charge < -0.3 is 10.1 Å². The van der Waals surface area contributed by atoms with Gasteiger partial charge in [-0.2, -0.15) is 0 Å². The van der Waals surface area contributed by atoms with Crippen LogP contribution in [0.4, 0.5) is 4.79 Å². The largest absolute Gasteiger partial charge is 0.497 e. The van der Waals surface area contributed by atoms with Crippen molar-refractivity contribution in [2.75, 3.05) is 20.2 Å². The van der Waals surface area contributed by atoms with Crippen molar-refractivity contribution in [2.24, 2.45) is 0 Å². The van der Waals surface area contributed by atoms with Crippen LogP contribution in [-0.2, 0) is 9.59 Å². The topological polar surface area (TPSA) is 75.7 Å². The normalized spacial score (nSPS) is 15.3. The Hall–Kier alpha value is -3.03. The highest BCUT2D eigenvalue weighted by Gasteiger charge is 2.34. The minimum atomic E-state index is -0.369. The lowest BCUT2D eigenvalue weighted by Crippen LogP contribution is -2.36. The Kier molecular flexibility index (Phi) is 7.32. The van der Waals surface area contributed by atoms with Crippen molar-refractivity contribution >= 4 is 52.6 Å². The Bertz CT molecular complexity index is 1000. The predicted octanol–water partition coefficient (Wildman–Crippen LogP) is 4.21. The van der Waals surface area contributed by atoms with Crippen LogP contribution in [0.3, 0.4) is 0 Å². The van der Waals surface area contributed by atoms with Crippen molar-refractivity contribution in [1.82, 2.24) is 10.2 Å². The van der Waals surface area contributed by atoms with Crippen molar-refractivity contribution in [3.8, 4) is 5.75 Å². The van der Waals surface area contributed by atoms with E-state index in [2.05, 4.69) is 5.32 Å². The molecule has 3 amide bonds. The number of imide groups is 1. The van der Waals surface area contributed by atoms with Crippen LogP contribution < -0.4 is 10.1 Å². The van der Waals surface area contributed by atoms with E-state index in [1.54, 1.807) is 67.8 Å². The number of amides is 3. The van der Waals surface area contributed by atoms with E-state index in [-0.39, 0.29) is 30.1 Å². The van der Waals surface area contributed by atoms with E-state index in [0.29, 0.717) is 15.7 Å². The third kappa shape index (κ3) is 5.75. The average Bonchev–Trinajstić information content (AvgIpc) is 3.01. The molecule has 0 radical (unpaired) electrons. The van der Waals surface area contributed by atoms with Gasteiger partial charge in [0.1, 0.15) is 5.75 Å². The summed E-state index contributed by atoms with van der Waals surface area (Å²) in [5, 5.41) is 2.93. The fourth-order valence-corrected chi connectivity index (χ4v) is 3.63. The van der Waals surface area contributed by atoms with Crippen LogP contribution >= 0.6 is 23.4 Å². The van der Waals surface area contributed by atoms with E-state index < -0.39 is 0 Å². The molecule has 8 heteroatoms. The molecule has 1 saturated heterocycles. The molecule has 0 saturated carbocycles. The van der Waals surface area contributed by atoms with E-state index in [1.165, 1.54) is 6.08 Å². The minimum Gasteiger partial charge on any atom is -0.497 e. The maximum absolute atomic E-state index is 12.5. The third-order valence-electron chi connectivity index (χ3n) is 4.22. The molecule has 0 bridgehead atoms. The smallest absolute Gasteiger partial charge is 0.293 e. The zero-order valence-electron chi connectivity index (χ0n) is 16.1. The summed E-state index contributed by atoms with van der Waals surface area (Å²) in [4.78, 5) is 38.1. The molecule has 0 spiro atoms. The van der Waals surface area contributed by atoms with Crippen LogP contribution in [0.1, 0.15) is 11.1 Å². The molecule has 0 atom stereocenters. The second-order valence-corrected chi connectivity index (χ2v) is 7.71. The number of thioether (sulfide) groups is 1. The SMILES string of the molecule is COc1ccc(C=C2SC(=O)N(CCNC(=O)C=Cc3ccc(Cl)cc3)C2=O)cc1.